The Kier molecular flexibility index (Phi) is 7.09. The lowest BCUT2D eigenvalue weighted by Gasteiger charge is -2.16. The number of allylic oxidation sites excluding steroid dienone is 4. The van der Waals surface area contributed by atoms with Crippen molar-refractivity contribution >= 4 is 19.9 Å². The van der Waals surface area contributed by atoms with Crippen molar-refractivity contribution in [2.24, 2.45) is 0 Å². The number of hydrogen-bond acceptors (Lipinski definition) is 3. The predicted octanol–water partition coefficient (Wildman–Crippen LogP) is 3.81. The van der Waals surface area contributed by atoms with E-state index in [4.69, 9.17) is 4.43 Å². The molecular formula is C16H26O3Si. The first-order valence-electron chi connectivity index (χ1n) is 7.41. The zero-order valence-electron chi connectivity index (χ0n) is 12.9. The summed E-state index contributed by atoms with van der Waals surface area (Å²) in [6.07, 6.45) is 10.8. The molecule has 1 aliphatic rings. The summed E-state index contributed by atoms with van der Waals surface area (Å²) in [5.41, 5.74) is 0.945. The average Bonchev–Trinajstić information content (AvgIpc) is 2.76. The van der Waals surface area contributed by atoms with Crippen molar-refractivity contribution in [2.75, 3.05) is 6.61 Å². The minimum atomic E-state index is -1.57. The molecular weight excluding hydrogens is 268 g/mol. The lowest BCUT2D eigenvalue weighted by molar-refractivity contribution is -0.121. The topological polar surface area (TPSA) is 43.4 Å². The number of ketones is 2. The van der Waals surface area contributed by atoms with Gasteiger partial charge >= 0.3 is 0 Å². The Morgan fingerprint density at radius 3 is 2.70 bits per heavy atom. The van der Waals surface area contributed by atoms with Gasteiger partial charge in [0.2, 0.25) is 0 Å². The smallest absolute Gasteiger partial charge is 0.184 e. The molecule has 0 unspecified atom stereocenters. The number of hydrogen-bond donors (Lipinski definition) is 0. The molecule has 0 aromatic carbocycles. The second kappa shape index (κ2) is 8.32. The molecule has 1 rings (SSSR count). The summed E-state index contributed by atoms with van der Waals surface area (Å²) in [6.45, 7) is 6.52. The fraction of sp³-hybridized carbons (Fsp3) is 0.625. The minimum absolute atomic E-state index is 0.189. The number of carbonyl (C=O) groups is 2. The van der Waals surface area contributed by atoms with E-state index < -0.39 is 8.32 Å². The molecule has 0 heterocycles. The van der Waals surface area contributed by atoms with Crippen LogP contribution in [0.25, 0.3) is 0 Å². The molecule has 0 aromatic heterocycles. The van der Waals surface area contributed by atoms with E-state index in [0.717, 1.165) is 31.3 Å². The highest BCUT2D eigenvalue weighted by atomic mass is 28.4. The predicted molar refractivity (Wildman–Crippen MR) is 84.2 cm³/mol. The van der Waals surface area contributed by atoms with Crippen LogP contribution in [0.3, 0.4) is 0 Å². The van der Waals surface area contributed by atoms with Crippen molar-refractivity contribution < 1.29 is 14.0 Å². The number of Topliss-reactive ketones (excluding diaryl/α,β-unsaturated/α-hetero) is 2. The molecule has 0 saturated carbocycles. The molecule has 0 fully saturated rings. The van der Waals surface area contributed by atoms with Gasteiger partial charge in [-0.15, -0.1) is 0 Å². The van der Waals surface area contributed by atoms with Crippen LogP contribution in [0.2, 0.25) is 19.6 Å². The molecule has 0 N–H and O–H groups in total. The molecule has 4 heteroatoms. The minimum Gasteiger partial charge on any atom is -0.410 e. The van der Waals surface area contributed by atoms with Crippen LogP contribution in [0.5, 0.6) is 0 Å². The third kappa shape index (κ3) is 7.55. The first-order valence-corrected chi connectivity index (χ1v) is 10.8. The maximum atomic E-state index is 11.6. The lowest BCUT2D eigenvalue weighted by atomic mass is 10.1. The van der Waals surface area contributed by atoms with Gasteiger partial charge in [0.15, 0.2) is 19.9 Å². The Balaban J connectivity index is 2.06. The highest BCUT2D eigenvalue weighted by Crippen LogP contribution is 2.17. The number of carbonyl (C=O) groups excluding carboxylic acids is 2. The van der Waals surface area contributed by atoms with Crippen LogP contribution in [-0.2, 0) is 14.0 Å². The maximum Gasteiger partial charge on any atom is 0.184 e. The summed E-state index contributed by atoms with van der Waals surface area (Å²) in [5.74, 6) is 0.475. The van der Waals surface area contributed by atoms with Crippen LogP contribution < -0.4 is 0 Å². The van der Waals surface area contributed by atoms with Crippen molar-refractivity contribution in [3.63, 3.8) is 0 Å². The molecule has 3 nitrogen and oxygen atoms in total. The van der Waals surface area contributed by atoms with Gasteiger partial charge in [0.05, 0.1) is 6.61 Å². The van der Waals surface area contributed by atoms with E-state index in [1.807, 2.05) is 12.2 Å². The van der Waals surface area contributed by atoms with Crippen molar-refractivity contribution in [1.82, 2.24) is 0 Å². The summed E-state index contributed by atoms with van der Waals surface area (Å²) in [4.78, 5) is 23.0. The molecule has 1 aliphatic carbocycles. The molecule has 0 bridgehead atoms. The van der Waals surface area contributed by atoms with Gasteiger partial charge < -0.3 is 4.43 Å². The van der Waals surface area contributed by atoms with E-state index >= 15 is 0 Å². The van der Waals surface area contributed by atoms with Gasteiger partial charge in [-0.25, -0.2) is 0 Å². The van der Waals surface area contributed by atoms with Gasteiger partial charge in [-0.2, -0.15) is 0 Å². The van der Waals surface area contributed by atoms with E-state index in [9.17, 15) is 9.59 Å². The van der Waals surface area contributed by atoms with E-state index in [1.165, 1.54) is 0 Å². The van der Waals surface area contributed by atoms with Crippen LogP contribution in [0.15, 0.2) is 23.8 Å². The largest absolute Gasteiger partial charge is 0.410 e. The van der Waals surface area contributed by atoms with Gasteiger partial charge in [0.25, 0.3) is 0 Å². The highest BCUT2D eigenvalue weighted by molar-refractivity contribution is 6.69. The molecule has 0 aromatic rings. The van der Waals surface area contributed by atoms with Crippen molar-refractivity contribution in [3.05, 3.63) is 23.8 Å². The van der Waals surface area contributed by atoms with Crippen molar-refractivity contribution in [2.45, 2.75) is 58.2 Å². The maximum absolute atomic E-state index is 11.6. The third-order valence-corrected chi connectivity index (χ3v) is 4.13. The van der Waals surface area contributed by atoms with Crippen LogP contribution in [0.4, 0.5) is 0 Å². The second-order valence-corrected chi connectivity index (χ2v) is 10.7. The fourth-order valence-electron chi connectivity index (χ4n) is 1.96. The zero-order valence-corrected chi connectivity index (χ0v) is 13.9. The van der Waals surface area contributed by atoms with Crippen molar-refractivity contribution in [3.8, 4) is 0 Å². The second-order valence-electron chi connectivity index (χ2n) is 6.20. The molecule has 0 saturated heterocycles. The standard InChI is InChI=1S/C16H26O3Si/c1-20(2,3)19-13-15(17)11-7-5-4-6-9-14-10-8-12-16(14)18/h4,6,10H,5,7-9,11-13H2,1-3H3/b6-4-. The Hall–Kier alpha value is -1.00. The van der Waals surface area contributed by atoms with E-state index in [1.54, 1.807) is 0 Å². The lowest BCUT2D eigenvalue weighted by Crippen LogP contribution is -2.28. The molecule has 0 spiro atoms. The molecule has 20 heavy (non-hydrogen) atoms. The molecule has 0 radical (unpaired) electrons. The van der Waals surface area contributed by atoms with E-state index in [-0.39, 0.29) is 18.2 Å². The van der Waals surface area contributed by atoms with Gasteiger partial charge in [-0.1, -0.05) is 18.2 Å². The van der Waals surface area contributed by atoms with Crippen LogP contribution in [-0.4, -0.2) is 26.5 Å². The normalized spacial score (nSPS) is 15.9. The van der Waals surface area contributed by atoms with E-state index in [2.05, 4.69) is 25.7 Å². The summed E-state index contributed by atoms with van der Waals surface area (Å²) < 4.78 is 5.57. The molecule has 0 aliphatic heterocycles. The summed E-state index contributed by atoms with van der Waals surface area (Å²) in [6, 6.07) is 0. The van der Waals surface area contributed by atoms with Gasteiger partial charge in [-0.05, 0) is 50.9 Å². The molecule has 0 atom stereocenters. The first kappa shape index (κ1) is 17.0. The van der Waals surface area contributed by atoms with Gasteiger partial charge in [0.1, 0.15) is 0 Å². The average molecular weight is 294 g/mol. The highest BCUT2D eigenvalue weighted by Gasteiger charge is 2.15. The Morgan fingerprint density at radius 2 is 2.10 bits per heavy atom. The van der Waals surface area contributed by atoms with Gasteiger partial charge in [-0.3, -0.25) is 9.59 Å². The summed E-state index contributed by atoms with van der Waals surface area (Å²) in [7, 11) is -1.57. The van der Waals surface area contributed by atoms with Crippen LogP contribution >= 0.6 is 0 Å². The Bertz CT molecular complexity index is 402. The number of rotatable bonds is 9. The molecule has 0 amide bonds. The summed E-state index contributed by atoms with van der Waals surface area (Å²) in [5, 5.41) is 0. The zero-order chi connectivity index (χ0) is 15.0. The summed E-state index contributed by atoms with van der Waals surface area (Å²) >= 11 is 0. The van der Waals surface area contributed by atoms with E-state index in [0.29, 0.717) is 12.8 Å². The van der Waals surface area contributed by atoms with Crippen LogP contribution in [0, 0.1) is 0 Å². The Morgan fingerprint density at radius 1 is 1.35 bits per heavy atom. The van der Waals surface area contributed by atoms with Crippen molar-refractivity contribution in [1.29, 1.82) is 0 Å². The fourth-order valence-corrected chi connectivity index (χ4v) is 2.56. The third-order valence-electron chi connectivity index (χ3n) is 3.12. The van der Waals surface area contributed by atoms with Gasteiger partial charge in [0, 0.05) is 12.8 Å². The van der Waals surface area contributed by atoms with Crippen LogP contribution in [0.1, 0.15) is 38.5 Å². The molecule has 112 valence electrons. The Labute approximate surface area is 123 Å². The SMILES string of the molecule is C[Si](C)(C)OCC(=O)CCC/C=C\CC1=CCCC1=O. The first-order chi connectivity index (χ1) is 9.38. The monoisotopic (exact) mass is 294 g/mol. The quantitative estimate of drug-likeness (QED) is 0.369. The number of unbranched alkanes of at least 4 members (excludes halogenated alkanes) is 1.